The van der Waals surface area contributed by atoms with E-state index in [-0.39, 0.29) is 6.10 Å². The van der Waals surface area contributed by atoms with E-state index in [2.05, 4.69) is 4.90 Å². The molecule has 1 aliphatic rings. The van der Waals surface area contributed by atoms with Crippen LogP contribution in [0.3, 0.4) is 0 Å². The fourth-order valence-corrected chi connectivity index (χ4v) is 1.84. The second-order valence-corrected chi connectivity index (χ2v) is 3.57. The Hall–Kier alpha value is -1.35. The largest absolute Gasteiger partial charge is 0.391 e. The predicted molar refractivity (Wildman–Crippen MR) is 54.7 cm³/mol. The maximum absolute atomic E-state index is 10.8. The van der Waals surface area contributed by atoms with Gasteiger partial charge >= 0.3 is 0 Å². The molecule has 1 aromatic carbocycles. The maximum Gasteiger partial charge on any atom is 0.152 e. The number of aliphatic hydroxyl groups excluding tert-OH is 1. The average molecular weight is 191 g/mol. The third-order valence-electron chi connectivity index (χ3n) is 2.57. The highest BCUT2D eigenvalue weighted by molar-refractivity contribution is 5.84. The molecule has 0 saturated carbocycles. The molecule has 1 N–H and O–H groups in total. The fourth-order valence-electron chi connectivity index (χ4n) is 1.84. The molecule has 3 heteroatoms. The molecule has 0 radical (unpaired) electrons. The van der Waals surface area contributed by atoms with Gasteiger partial charge in [0.2, 0.25) is 0 Å². The van der Waals surface area contributed by atoms with Crippen molar-refractivity contribution >= 4 is 12.0 Å². The summed E-state index contributed by atoms with van der Waals surface area (Å²) in [4.78, 5) is 12.8. The maximum atomic E-state index is 10.8. The Morgan fingerprint density at radius 1 is 1.43 bits per heavy atom. The third kappa shape index (κ3) is 1.63. The highest BCUT2D eigenvalue weighted by Crippen LogP contribution is 2.23. The Morgan fingerprint density at radius 2 is 2.21 bits per heavy atom. The summed E-state index contributed by atoms with van der Waals surface area (Å²) in [5, 5.41) is 9.39. The molecule has 74 valence electrons. The summed E-state index contributed by atoms with van der Waals surface area (Å²) >= 11 is 0. The molecule has 0 spiro atoms. The van der Waals surface area contributed by atoms with Crippen molar-refractivity contribution in [2.45, 2.75) is 12.5 Å². The number of β-amino-alcohol motifs (C(OH)–C–C–N with tert-alkyl or cyclic N) is 1. The lowest BCUT2D eigenvalue weighted by atomic mass is 10.2. The van der Waals surface area contributed by atoms with E-state index >= 15 is 0 Å². The molecule has 1 aliphatic heterocycles. The van der Waals surface area contributed by atoms with Gasteiger partial charge in [-0.15, -0.1) is 0 Å². The van der Waals surface area contributed by atoms with Gasteiger partial charge in [0, 0.05) is 24.3 Å². The van der Waals surface area contributed by atoms with Gasteiger partial charge in [0.15, 0.2) is 6.29 Å². The van der Waals surface area contributed by atoms with Crippen LogP contribution in [0.25, 0.3) is 0 Å². The minimum atomic E-state index is -0.255. The zero-order valence-electron chi connectivity index (χ0n) is 7.89. The Labute approximate surface area is 83.0 Å². The van der Waals surface area contributed by atoms with Crippen molar-refractivity contribution in [2.75, 3.05) is 18.0 Å². The molecule has 1 aromatic rings. The number of hydrogen-bond acceptors (Lipinski definition) is 3. The Balaban J connectivity index is 2.27. The highest BCUT2D eigenvalue weighted by Gasteiger charge is 2.21. The van der Waals surface area contributed by atoms with E-state index in [1.807, 2.05) is 18.2 Å². The summed E-state index contributed by atoms with van der Waals surface area (Å²) in [6.45, 7) is 1.46. The predicted octanol–water partition coefficient (Wildman–Crippen LogP) is 1.07. The van der Waals surface area contributed by atoms with Crippen LogP contribution in [0, 0.1) is 0 Å². The molecule has 1 saturated heterocycles. The molecular formula is C11H13NO2. The van der Waals surface area contributed by atoms with Gasteiger partial charge in [-0.25, -0.2) is 0 Å². The molecule has 0 aromatic heterocycles. The molecule has 0 amide bonds. The van der Waals surface area contributed by atoms with E-state index < -0.39 is 0 Å². The van der Waals surface area contributed by atoms with Gasteiger partial charge in [0.05, 0.1) is 6.10 Å². The molecule has 1 atom stereocenters. The van der Waals surface area contributed by atoms with Crippen LogP contribution < -0.4 is 4.90 Å². The van der Waals surface area contributed by atoms with Crippen LogP contribution in [-0.4, -0.2) is 30.6 Å². The Morgan fingerprint density at radius 3 is 2.86 bits per heavy atom. The number of hydrogen-bond donors (Lipinski definition) is 1. The van der Waals surface area contributed by atoms with Gasteiger partial charge in [0.1, 0.15) is 0 Å². The summed E-state index contributed by atoms with van der Waals surface area (Å²) in [6, 6.07) is 7.47. The van der Waals surface area contributed by atoms with E-state index in [0.717, 1.165) is 24.9 Å². The Bertz CT molecular complexity index is 338. The zero-order chi connectivity index (χ0) is 9.97. The molecule has 3 nitrogen and oxygen atoms in total. The summed E-state index contributed by atoms with van der Waals surface area (Å²) in [5.74, 6) is 0. The van der Waals surface area contributed by atoms with Crippen molar-refractivity contribution in [2.24, 2.45) is 0 Å². The van der Waals surface area contributed by atoms with Gasteiger partial charge in [-0.3, -0.25) is 4.79 Å². The highest BCUT2D eigenvalue weighted by atomic mass is 16.3. The number of aliphatic hydroxyl groups is 1. The van der Waals surface area contributed by atoms with Gasteiger partial charge in [-0.05, 0) is 18.6 Å². The van der Waals surface area contributed by atoms with Gasteiger partial charge in [0.25, 0.3) is 0 Å². The van der Waals surface area contributed by atoms with Crippen molar-refractivity contribution in [3.8, 4) is 0 Å². The van der Waals surface area contributed by atoms with Crippen molar-refractivity contribution < 1.29 is 9.90 Å². The molecule has 0 unspecified atom stereocenters. The van der Waals surface area contributed by atoms with Gasteiger partial charge in [-0.1, -0.05) is 12.1 Å². The van der Waals surface area contributed by atoms with Crippen LogP contribution in [0.5, 0.6) is 0 Å². The third-order valence-corrected chi connectivity index (χ3v) is 2.57. The Kier molecular flexibility index (Phi) is 2.50. The minimum absolute atomic E-state index is 0.255. The zero-order valence-corrected chi connectivity index (χ0v) is 7.89. The molecular weight excluding hydrogens is 178 g/mol. The summed E-state index contributed by atoms with van der Waals surface area (Å²) in [5.41, 5.74) is 1.63. The first kappa shape index (κ1) is 9.21. The van der Waals surface area contributed by atoms with E-state index in [0.29, 0.717) is 12.1 Å². The second-order valence-electron chi connectivity index (χ2n) is 3.57. The number of benzene rings is 1. The van der Waals surface area contributed by atoms with Crippen molar-refractivity contribution in [3.63, 3.8) is 0 Å². The lowest BCUT2D eigenvalue weighted by Crippen LogP contribution is -2.22. The number of rotatable bonds is 2. The first-order chi connectivity index (χ1) is 6.81. The lowest BCUT2D eigenvalue weighted by molar-refractivity contribution is 0.112. The lowest BCUT2D eigenvalue weighted by Gasteiger charge is -2.19. The second kappa shape index (κ2) is 3.80. The van der Waals surface area contributed by atoms with Crippen LogP contribution in [-0.2, 0) is 0 Å². The van der Waals surface area contributed by atoms with Crippen molar-refractivity contribution in [1.29, 1.82) is 0 Å². The van der Waals surface area contributed by atoms with Gasteiger partial charge < -0.3 is 10.0 Å². The van der Waals surface area contributed by atoms with E-state index in [4.69, 9.17) is 0 Å². The average Bonchev–Trinajstić information content (AvgIpc) is 2.65. The van der Waals surface area contributed by atoms with Crippen LogP contribution in [0.4, 0.5) is 5.69 Å². The van der Waals surface area contributed by atoms with Crippen LogP contribution in [0.2, 0.25) is 0 Å². The van der Waals surface area contributed by atoms with Crippen molar-refractivity contribution in [1.82, 2.24) is 0 Å². The molecule has 1 fully saturated rings. The topological polar surface area (TPSA) is 40.5 Å². The monoisotopic (exact) mass is 191 g/mol. The molecule has 14 heavy (non-hydrogen) atoms. The molecule has 1 heterocycles. The summed E-state index contributed by atoms with van der Waals surface area (Å²) < 4.78 is 0. The number of carbonyl (C=O) groups excluding carboxylic acids is 1. The van der Waals surface area contributed by atoms with E-state index in [1.165, 1.54) is 0 Å². The first-order valence-electron chi connectivity index (χ1n) is 4.78. The summed E-state index contributed by atoms with van der Waals surface area (Å²) in [6.07, 6.45) is 1.39. The SMILES string of the molecule is O=Cc1ccccc1N1CC[C@@H](O)C1. The number of aldehydes is 1. The summed E-state index contributed by atoms with van der Waals surface area (Å²) in [7, 11) is 0. The molecule has 2 rings (SSSR count). The first-order valence-corrected chi connectivity index (χ1v) is 4.78. The van der Waals surface area contributed by atoms with E-state index in [1.54, 1.807) is 6.07 Å². The van der Waals surface area contributed by atoms with E-state index in [9.17, 15) is 9.90 Å². The molecule has 0 bridgehead atoms. The number of nitrogens with zero attached hydrogens (tertiary/aromatic N) is 1. The van der Waals surface area contributed by atoms with Gasteiger partial charge in [-0.2, -0.15) is 0 Å². The van der Waals surface area contributed by atoms with Crippen LogP contribution in [0.1, 0.15) is 16.8 Å². The quantitative estimate of drug-likeness (QED) is 0.711. The number of carbonyl (C=O) groups is 1. The normalized spacial score (nSPS) is 21.2. The molecule has 0 aliphatic carbocycles. The fraction of sp³-hybridized carbons (Fsp3) is 0.364. The number of para-hydroxylation sites is 1. The standard InChI is InChI=1S/C11H13NO2/c13-8-9-3-1-2-4-11(9)12-6-5-10(14)7-12/h1-4,8,10,14H,5-7H2/t10-/m1/s1. The van der Waals surface area contributed by atoms with Crippen LogP contribution >= 0.6 is 0 Å². The van der Waals surface area contributed by atoms with Crippen LogP contribution in [0.15, 0.2) is 24.3 Å². The van der Waals surface area contributed by atoms with Crippen molar-refractivity contribution in [3.05, 3.63) is 29.8 Å². The minimum Gasteiger partial charge on any atom is -0.391 e. The number of anilines is 1. The smallest absolute Gasteiger partial charge is 0.152 e.